The van der Waals surface area contributed by atoms with Gasteiger partial charge in [-0.05, 0) is 26.0 Å². The van der Waals surface area contributed by atoms with Gasteiger partial charge in [0.2, 0.25) is 0 Å². The van der Waals surface area contributed by atoms with Crippen LogP contribution in [0, 0.1) is 0 Å². The molecule has 0 saturated carbocycles. The number of nitrogen functional groups attached to an aromatic ring is 1. The van der Waals surface area contributed by atoms with Crippen molar-refractivity contribution < 1.29 is 9.53 Å². The molecule has 82 valence electrons. The quantitative estimate of drug-likeness (QED) is 0.460. The summed E-state index contributed by atoms with van der Waals surface area (Å²) in [6, 6.07) is 9.49. The number of carbonyl (C=O) groups is 1. The van der Waals surface area contributed by atoms with E-state index in [1.807, 2.05) is 30.3 Å². The van der Waals surface area contributed by atoms with Crippen molar-refractivity contribution in [1.29, 1.82) is 0 Å². The maximum absolute atomic E-state index is 10.4. The van der Waals surface area contributed by atoms with Crippen molar-refractivity contribution in [3.8, 4) is 0 Å². The first-order chi connectivity index (χ1) is 7.07. The lowest BCUT2D eigenvalue weighted by molar-refractivity contribution is -0.138. The summed E-state index contributed by atoms with van der Waals surface area (Å²) in [5.41, 5.74) is 6.63. The van der Waals surface area contributed by atoms with Crippen LogP contribution in [-0.4, -0.2) is 12.6 Å². The molecule has 0 fully saturated rings. The summed E-state index contributed by atoms with van der Waals surface area (Å²) in [5, 5.41) is 0. The van der Waals surface area contributed by atoms with Gasteiger partial charge in [0.15, 0.2) is 0 Å². The van der Waals surface area contributed by atoms with Gasteiger partial charge in [-0.1, -0.05) is 24.8 Å². The predicted octanol–water partition coefficient (Wildman–Crippen LogP) is 2.39. The average Bonchev–Trinajstić information content (AvgIpc) is 2.20. The van der Waals surface area contributed by atoms with E-state index in [9.17, 15) is 4.79 Å². The van der Waals surface area contributed by atoms with Gasteiger partial charge in [0.25, 0.3) is 0 Å². The highest BCUT2D eigenvalue weighted by molar-refractivity contribution is 5.86. The molecule has 0 aliphatic carbocycles. The summed E-state index contributed by atoms with van der Waals surface area (Å²) < 4.78 is 4.56. The Balaban J connectivity index is 0.000000262. The van der Waals surface area contributed by atoms with Crippen molar-refractivity contribution in [2.45, 2.75) is 13.8 Å². The molecule has 0 aliphatic rings. The second-order valence-corrected chi connectivity index (χ2v) is 2.91. The molecule has 2 N–H and O–H groups in total. The lowest BCUT2D eigenvalue weighted by Crippen LogP contribution is -2.03. The molecule has 0 atom stereocenters. The van der Waals surface area contributed by atoms with Gasteiger partial charge in [0, 0.05) is 11.3 Å². The Morgan fingerprint density at radius 3 is 2.13 bits per heavy atom. The van der Waals surface area contributed by atoms with Gasteiger partial charge < -0.3 is 10.5 Å². The predicted molar refractivity (Wildman–Crippen MR) is 62.3 cm³/mol. The molecule has 0 amide bonds. The number of ether oxygens (including phenoxy) is 1. The van der Waals surface area contributed by atoms with Crippen LogP contribution in [0.5, 0.6) is 0 Å². The molecule has 1 aromatic rings. The molecule has 1 aromatic carbocycles. The summed E-state index contributed by atoms with van der Waals surface area (Å²) in [6.45, 7) is 7.21. The summed E-state index contributed by atoms with van der Waals surface area (Å²) in [6.07, 6.45) is 0. The molecule has 1 rings (SSSR count). The fourth-order valence-corrected chi connectivity index (χ4v) is 0.707. The van der Waals surface area contributed by atoms with Crippen molar-refractivity contribution in [1.82, 2.24) is 0 Å². The van der Waals surface area contributed by atoms with Crippen LogP contribution in [0.1, 0.15) is 13.8 Å². The Morgan fingerprint density at radius 2 is 1.93 bits per heavy atom. The fourth-order valence-electron chi connectivity index (χ4n) is 0.707. The second-order valence-electron chi connectivity index (χ2n) is 2.91. The van der Waals surface area contributed by atoms with Crippen molar-refractivity contribution in [2.24, 2.45) is 0 Å². The van der Waals surface area contributed by atoms with E-state index < -0.39 is 0 Å². The average molecular weight is 207 g/mol. The molecule has 0 unspecified atom stereocenters. The largest absolute Gasteiger partial charge is 0.463 e. The molecule has 0 aromatic heterocycles. The lowest BCUT2D eigenvalue weighted by Gasteiger charge is -1.96. The van der Waals surface area contributed by atoms with Crippen molar-refractivity contribution in [2.75, 3.05) is 12.3 Å². The third-order valence-corrected chi connectivity index (χ3v) is 1.42. The van der Waals surface area contributed by atoms with Gasteiger partial charge in [0.1, 0.15) is 0 Å². The number of rotatable bonds is 2. The first kappa shape index (κ1) is 13.2. The molecule has 0 saturated heterocycles. The number of para-hydroxylation sites is 1. The minimum absolute atomic E-state index is 0.312. The van der Waals surface area contributed by atoms with Crippen LogP contribution in [0.4, 0.5) is 5.69 Å². The van der Waals surface area contributed by atoms with Gasteiger partial charge in [-0.3, -0.25) is 0 Å². The zero-order valence-corrected chi connectivity index (χ0v) is 9.19. The SMILES string of the molecule is C=C(C)C(=O)OCC.Nc1ccccc1. The maximum atomic E-state index is 10.4. The normalized spacial score (nSPS) is 8.40. The molecule has 0 radical (unpaired) electrons. The van der Waals surface area contributed by atoms with Crippen LogP contribution < -0.4 is 5.73 Å². The number of hydrogen-bond acceptors (Lipinski definition) is 3. The van der Waals surface area contributed by atoms with Gasteiger partial charge in [-0.25, -0.2) is 4.79 Å². The van der Waals surface area contributed by atoms with Gasteiger partial charge in [-0.2, -0.15) is 0 Å². The fraction of sp³-hybridized carbons (Fsp3) is 0.250. The molecule has 0 aliphatic heterocycles. The minimum Gasteiger partial charge on any atom is -0.463 e. The maximum Gasteiger partial charge on any atom is 0.333 e. The van der Waals surface area contributed by atoms with E-state index in [0.29, 0.717) is 12.2 Å². The zero-order chi connectivity index (χ0) is 11.7. The third kappa shape index (κ3) is 7.31. The van der Waals surface area contributed by atoms with Crippen LogP contribution in [0.2, 0.25) is 0 Å². The van der Waals surface area contributed by atoms with E-state index in [0.717, 1.165) is 5.69 Å². The first-order valence-electron chi connectivity index (χ1n) is 4.71. The number of carbonyl (C=O) groups excluding carboxylic acids is 1. The summed E-state index contributed by atoms with van der Waals surface area (Å²) >= 11 is 0. The van der Waals surface area contributed by atoms with Gasteiger partial charge >= 0.3 is 5.97 Å². The number of hydrogen-bond donors (Lipinski definition) is 1. The number of nitrogens with two attached hydrogens (primary N) is 1. The molecule has 0 bridgehead atoms. The van der Waals surface area contributed by atoms with E-state index in [2.05, 4.69) is 11.3 Å². The van der Waals surface area contributed by atoms with Crippen LogP contribution in [-0.2, 0) is 9.53 Å². The molecule has 3 heteroatoms. The first-order valence-corrected chi connectivity index (χ1v) is 4.71. The van der Waals surface area contributed by atoms with Gasteiger partial charge in [0.05, 0.1) is 6.61 Å². The Morgan fingerprint density at radius 1 is 1.40 bits per heavy atom. The molecule has 15 heavy (non-hydrogen) atoms. The van der Waals surface area contributed by atoms with E-state index >= 15 is 0 Å². The third-order valence-electron chi connectivity index (χ3n) is 1.42. The molecule has 3 nitrogen and oxygen atoms in total. The Hall–Kier alpha value is -1.77. The Bertz CT molecular complexity index is 307. The number of anilines is 1. The standard InChI is InChI=1S/C6H7N.C6H10O2/c7-6-4-2-1-3-5-6;1-4-8-6(7)5(2)3/h1-5H,7H2;2,4H2,1,3H3. The van der Waals surface area contributed by atoms with E-state index in [1.165, 1.54) is 0 Å². The summed E-state index contributed by atoms with van der Waals surface area (Å²) in [7, 11) is 0. The van der Waals surface area contributed by atoms with Crippen molar-refractivity contribution in [3.05, 3.63) is 42.5 Å². The van der Waals surface area contributed by atoms with E-state index in [-0.39, 0.29) is 5.97 Å². The Labute approximate surface area is 90.6 Å². The number of benzene rings is 1. The van der Waals surface area contributed by atoms with Crippen LogP contribution in [0.3, 0.4) is 0 Å². The summed E-state index contributed by atoms with van der Waals surface area (Å²) in [4.78, 5) is 10.4. The second kappa shape index (κ2) is 7.62. The van der Waals surface area contributed by atoms with E-state index in [4.69, 9.17) is 5.73 Å². The van der Waals surface area contributed by atoms with Crippen molar-refractivity contribution in [3.63, 3.8) is 0 Å². The highest BCUT2D eigenvalue weighted by Gasteiger charge is 1.98. The molecular weight excluding hydrogens is 190 g/mol. The molecular formula is C12H17NO2. The summed E-state index contributed by atoms with van der Waals surface area (Å²) in [5.74, 6) is -0.312. The van der Waals surface area contributed by atoms with Crippen LogP contribution in [0.15, 0.2) is 42.5 Å². The minimum atomic E-state index is -0.312. The highest BCUT2D eigenvalue weighted by atomic mass is 16.5. The Kier molecular flexibility index (Phi) is 6.72. The van der Waals surface area contributed by atoms with E-state index in [1.54, 1.807) is 13.8 Å². The smallest absolute Gasteiger partial charge is 0.333 e. The number of esters is 1. The molecule has 0 heterocycles. The molecule has 0 spiro atoms. The van der Waals surface area contributed by atoms with Crippen molar-refractivity contribution >= 4 is 11.7 Å². The van der Waals surface area contributed by atoms with Gasteiger partial charge in [-0.15, -0.1) is 0 Å². The monoisotopic (exact) mass is 207 g/mol. The lowest BCUT2D eigenvalue weighted by atomic mass is 10.3. The van der Waals surface area contributed by atoms with Crippen LogP contribution in [0.25, 0.3) is 0 Å². The van der Waals surface area contributed by atoms with Crippen LogP contribution >= 0.6 is 0 Å². The zero-order valence-electron chi connectivity index (χ0n) is 9.19. The topological polar surface area (TPSA) is 52.3 Å². The highest BCUT2D eigenvalue weighted by Crippen LogP contribution is 1.95.